The second-order valence-electron chi connectivity index (χ2n) is 21.4. The number of hydrogen-bond acceptors (Lipinski definition) is 4. The van der Waals surface area contributed by atoms with Crippen LogP contribution in [0.15, 0.2) is 211 Å². The van der Waals surface area contributed by atoms with E-state index in [0.29, 0.717) is 23.4 Å². The Morgan fingerprint density at radius 2 is 1.03 bits per heavy atom. The van der Waals surface area contributed by atoms with Crippen LogP contribution in [0.25, 0.3) is 89.5 Å². The zero-order valence-electron chi connectivity index (χ0n) is 40.4. The molecule has 2 aromatic heterocycles. The average Bonchev–Trinajstić information content (AvgIpc) is 4.27. The fourth-order valence-corrected chi connectivity index (χ4v) is 14.2. The minimum atomic E-state index is -0.575. The molecule has 3 unspecified atom stereocenters. The lowest BCUT2D eigenvalue weighted by molar-refractivity contribution is 0.420. The highest BCUT2D eigenvalue weighted by atomic mass is 16.3. The molecule has 2 saturated carbocycles. The summed E-state index contributed by atoms with van der Waals surface area (Å²) in [4.78, 5) is 16.7. The van der Waals surface area contributed by atoms with Gasteiger partial charge in [-0.2, -0.15) is 0 Å². The van der Waals surface area contributed by atoms with Gasteiger partial charge < -0.3 is 4.42 Å². The van der Waals surface area contributed by atoms with Gasteiger partial charge in [-0.05, 0) is 134 Å². The van der Waals surface area contributed by atoms with Crippen LogP contribution in [0.3, 0.4) is 0 Å². The number of nitrogens with zero attached hydrogens (tertiary/aromatic N) is 3. The van der Waals surface area contributed by atoms with E-state index in [1.165, 1.54) is 92.4 Å². The van der Waals surface area contributed by atoms with Gasteiger partial charge in [0.05, 0.1) is 5.41 Å². The lowest BCUT2D eigenvalue weighted by Crippen LogP contribution is -2.28. The molecule has 0 saturated heterocycles. The fourth-order valence-electron chi connectivity index (χ4n) is 14.2. The van der Waals surface area contributed by atoms with Crippen LogP contribution in [0, 0.1) is 11.8 Å². The van der Waals surface area contributed by atoms with Crippen molar-refractivity contribution in [3.8, 4) is 67.5 Å². The molecular weight excluding hydrogens is 875 g/mol. The summed E-state index contributed by atoms with van der Waals surface area (Å²) in [6.45, 7) is 4.66. The van der Waals surface area contributed by atoms with Crippen molar-refractivity contribution in [3.05, 3.63) is 245 Å². The summed E-state index contributed by atoms with van der Waals surface area (Å²) in [5.74, 6) is 4.27. The van der Waals surface area contributed by atoms with Crippen molar-refractivity contribution in [1.82, 2.24) is 15.0 Å². The van der Waals surface area contributed by atoms with Crippen molar-refractivity contribution < 1.29 is 4.42 Å². The molecule has 0 radical (unpaired) electrons. The van der Waals surface area contributed by atoms with E-state index in [2.05, 4.69) is 220 Å². The van der Waals surface area contributed by atoms with E-state index >= 15 is 0 Å². The second kappa shape index (κ2) is 15.6. The molecule has 0 aliphatic heterocycles. The standard InChI is InChI=1S/C68H51N3O/c1-67(2)57-28-9-6-24-51(57)52-25-14-27-54(63(52)67)66-70-64(46-18-13-21-48(39-46)68(47-19-4-3-5-20-47)58-29-10-7-22-49(58)50-23-8-11-30-59(50)68)69-65(71-66)53-26-15-31-61-62(53)56-40-43(34-35-60(56)72-61)42-16-12-17-44(38-42)55-37-41-32-33-45(55)36-41/h3-31,34-35,38-41,45,55H,32-33,36-37H2,1-2H3. The second-order valence-corrected chi connectivity index (χ2v) is 21.4. The van der Waals surface area contributed by atoms with E-state index in [4.69, 9.17) is 19.4 Å². The van der Waals surface area contributed by atoms with Crippen LogP contribution in [0.1, 0.15) is 84.4 Å². The predicted molar refractivity (Wildman–Crippen MR) is 292 cm³/mol. The molecule has 0 amide bonds. The SMILES string of the molecule is CC1(C)c2ccccc2-c2cccc(-c3nc(-c4cccc(C5(c6ccccc6)c6ccccc6-c6ccccc65)c4)nc(-c4cccc5oc6ccc(-c7cccc(C8CC9CCC8C9)c7)cc6c45)n3)c21. The topological polar surface area (TPSA) is 51.8 Å². The van der Waals surface area contributed by atoms with Crippen molar-refractivity contribution in [2.24, 2.45) is 11.8 Å². The van der Waals surface area contributed by atoms with Crippen LogP contribution < -0.4 is 0 Å². The van der Waals surface area contributed by atoms with E-state index < -0.39 is 5.41 Å². The molecule has 0 N–H and O–H groups in total. The van der Waals surface area contributed by atoms with Crippen molar-refractivity contribution in [2.45, 2.75) is 56.3 Å². The summed E-state index contributed by atoms with van der Waals surface area (Å²) in [5, 5.41) is 2.05. The van der Waals surface area contributed by atoms with Crippen LogP contribution in [0.5, 0.6) is 0 Å². The molecule has 4 nitrogen and oxygen atoms in total. The maximum absolute atomic E-state index is 6.71. The molecule has 2 bridgehead atoms. The van der Waals surface area contributed by atoms with Gasteiger partial charge >= 0.3 is 0 Å². The number of fused-ring (bicyclic) bond motifs is 11. The summed E-state index contributed by atoms with van der Waals surface area (Å²) in [6, 6.07) is 75.5. The highest BCUT2D eigenvalue weighted by Crippen LogP contribution is 2.57. The number of aromatic nitrogens is 3. The van der Waals surface area contributed by atoms with Gasteiger partial charge in [0.1, 0.15) is 11.2 Å². The Kier molecular flexibility index (Phi) is 9.03. The van der Waals surface area contributed by atoms with E-state index in [-0.39, 0.29) is 5.41 Å². The molecule has 4 heteroatoms. The lowest BCUT2D eigenvalue weighted by Gasteiger charge is -2.34. The van der Waals surface area contributed by atoms with E-state index in [1.807, 2.05) is 0 Å². The highest BCUT2D eigenvalue weighted by molar-refractivity contribution is 6.13. The van der Waals surface area contributed by atoms with Crippen LogP contribution in [0.4, 0.5) is 0 Å². The maximum atomic E-state index is 6.71. The highest BCUT2D eigenvalue weighted by Gasteiger charge is 2.46. The van der Waals surface area contributed by atoms with Crippen molar-refractivity contribution >= 4 is 21.9 Å². The monoisotopic (exact) mass is 925 g/mol. The van der Waals surface area contributed by atoms with Crippen LogP contribution in [0.2, 0.25) is 0 Å². The van der Waals surface area contributed by atoms with Gasteiger partial charge in [0.2, 0.25) is 0 Å². The number of rotatable bonds is 7. The third kappa shape index (κ3) is 6.02. The quantitative estimate of drug-likeness (QED) is 0.160. The van der Waals surface area contributed by atoms with Crippen LogP contribution in [-0.2, 0) is 10.8 Å². The maximum Gasteiger partial charge on any atom is 0.164 e. The number of hydrogen-bond donors (Lipinski definition) is 0. The predicted octanol–water partition coefficient (Wildman–Crippen LogP) is 17.0. The zero-order chi connectivity index (χ0) is 47.7. The molecule has 344 valence electrons. The van der Waals surface area contributed by atoms with Crippen molar-refractivity contribution in [2.75, 3.05) is 0 Å². The van der Waals surface area contributed by atoms with E-state index in [1.54, 1.807) is 0 Å². The van der Waals surface area contributed by atoms with Crippen molar-refractivity contribution in [1.29, 1.82) is 0 Å². The van der Waals surface area contributed by atoms with Crippen LogP contribution in [-0.4, -0.2) is 15.0 Å². The molecule has 15 rings (SSSR count). The molecule has 9 aromatic carbocycles. The molecule has 2 heterocycles. The molecule has 72 heavy (non-hydrogen) atoms. The summed E-state index contributed by atoms with van der Waals surface area (Å²) < 4.78 is 6.71. The van der Waals surface area contributed by atoms with Gasteiger partial charge in [0.15, 0.2) is 17.5 Å². The molecule has 4 aliphatic carbocycles. The van der Waals surface area contributed by atoms with E-state index in [9.17, 15) is 0 Å². The molecule has 11 aromatic rings. The van der Waals surface area contributed by atoms with Crippen LogP contribution >= 0.6 is 0 Å². The Bertz CT molecular complexity index is 3970. The summed E-state index contributed by atoms with van der Waals surface area (Å²) in [7, 11) is 0. The van der Waals surface area contributed by atoms with Gasteiger partial charge in [-0.3, -0.25) is 0 Å². The smallest absolute Gasteiger partial charge is 0.164 e. The first-order chi connectivity index (χ1) is 35.4. The van der Waals surface area contributed by atoms with Gasteiger partial charge in [-0.25, -0.2) is 15.0 Å². The van der Waals surface area contributed by atoms with Gasteiger partial charge in [0.25, 0.3) is 0 Å². The summed E-state index contributed by atoms with van der Waals surface area (Å²) >= 11 is 0. The minimum Gasteiger partial charge on any atom is -0.456 e. The average molecular weight is 926 g/mol. The van der Waals surface area contributed by atoms with Crippen molar-refractivity contribution in [3.63, 3.8) is 0 Å². The Hall–Kier alpha value is -8.21. The third-order valence-electron chi connectivity index (χ3n) is 17.3. The normalized spacial score (nSPS) is 18.6. The number of benzene rings is 9. The Morgan fingerprint density at radius 1 is 0.431 bits per heavy atom. The van der Waals surface area contributed by atoms with E-state index in [0.717, 1.165) is 56.0 Å². The Morgan fingerprint density at radius 3 is 1.79 bits per heavy atom. The Labute approximate surface area is 420 Å². The summed E-state index contributed by atoms with van der Waals surface area (Å²) in [6.07, 6.45) is 5.50. The fraction of sp³-hybridized carbons (Fsp3) is 0.162. The first-order valence-corrected chi connectivity index (χ1v) is 25.8. The number of furan rings is 1. The van der Waals surface area contributed by atoms with Gasteiger partial charge in [0, 0.05) is 32.9 Å². The molecule has 3 atom stereocenters. The molecule has 2 fully saturated rings. The summed E-state index contributed by atoms with van der Waals surface area (Å²) in [5.41, 5.74) is 20.0. The minimum absolute atomic E-state index is 0.285. The Balaban J connectivity index is 0.945. The first kappa shape index (κ1) is 41.6. The van der Waals surface area contributed by atoms with Gasteiger partial charge in [-0.1, -0.05) is 202 Å². The zero-order valence-corrected chi connectivity index (χ0v) is 40.4. The molecule has 4 aliphatic rings. The third-order valence-corrected chi connectivity index (χ3v) is 17.3. The lowest BCUT2D eigenvalue weighted by atomic mass is 9.67. The molecule has 0 spiro atoms. The van der Waals surface area contributed by atoms with Gasteiger partial charge in [-0.15, -0.1) is 0 Å². The first-order valence-electron chi connectivity index (χ1n) is 25.8. The molecular formula is C68H51N3O. The largest absolute Gasteiger partial charge is 0.456 e.